The van der Waals surface area contributed by atoms with E-state index >= 15 is 0 Å². The second-order valence-corrected chi connectivity index (χ2v) is 5.14. The Balaban J connectivity index is 2.01. The zero-order chi connectivity index (χ0) is 16.1. The van der Waals surface area contributed by atoms with Gasteiger partial charge in [-0.2, -0.15) is 0 Å². The predicted octanol–water partition coefficient (Wildman–Crippen LogP) is 4.14. The maximum Gasteiger partial charge on any atom is 0.255 e. The third kappa shape index (κ3) is 4.36. The van der Waals surface area contributed by atoms with Crippen LogP contribution in [-0.4, -0.2) is 12.0 Å². The van der Waals surface area contributed by atoms with Crippen molar-refractivity contribution in [2.45, 2.75) is 26.6 Å². The number of rotatable bonds is 5. The average Bonchev–Trinajstić information content (AvgIpc) is 2.49. The smallest absolute Gasteiger partial charge is 0.255 e. The molecule has 0 spiro atoms. The zero-order valence-electron chi connectivity index (χ0n) is 12.4. The first-order valence-electron chi connectivity index (χ1n) is 6.92. The second kappa shape index (κ2) is 7.13. The normalized spacial score (nSPS) is 10.8. The molecule has 0 atom stereocenters. The van der Waals surface area contributed by atoms with E-state index in [1.165, 1.54) is 6.07 Å². The molecule has 0 aliphatic rings. The highest BCUT2D eigenvalue weighted by molar-refractivity contribution is 6.04. The van der Waals surface area contributed by atoms with Crippen LogP contribution in [-0.2, 0) is 11.3 Å². The van der Waals surface area contributed by atoms with Gasteiger partial charge in [-0.3, -0.25) is 4.79 Å². The number of nitrogens with one attached hydrogen (secondary N) is 1. The number of carbonyl (C=O) groups is 1. The molecule has 0 unspecified atom stereocenters. The summed E-state index contributed by atoms with van der Waals surface area (Å²) in [5.74, 6) is -2.34. The van der Waals surface area contributed by atoms with E-state index in [0.717, 1.165) is 17.7 Å². The lowest BCUT2D eigenvalue weighted by Gasteiger charge is -2.09. The van der Waals surface area contributed by atoms with Gasteiger partial charge >= 0.3 is 0 Å². The molecule has 22 heavy (non-hydrogen) atoms. The van der Waals surface area contributed by atoms with Gasteiger partial charge in [-0.15, -0.1) is 0 Å². The van der Waals surface area contributed by atoms with E-state index in [9.17, 15) is 13.6 Å². The molecule has 2 aromatic carbocycles. The lowest BCUT2D eigenvalue weighted by atomic mass is 10.1. The number of carbonyl (C=O) groups excluding carboxylic acids is 1. The molecular formula is C17H17F2NO2. The lowest BCUT2D eigenvalue weighted by molar-refractivity contribution is 0.0657. The van der Waals surface area contributed by atoms with E-state index in [0.29, 0.717) is 12.2 Å². The Morgan fingerprint density at radius 2 is 1.77 bits per heavy atom. The summed E-state index contributed by atoms with van der Waals surface area (Å²) in [5.41, 5.74) is 1.59. The highest BCUT2D eigenvalue weighted by Crippen LogP contribution is 2.15. The summed E-state index contributed by atoms with van der Waals surface area (Å²) in [6.07, 6.45) is 0.136. The van der Waals surface area contributed by atoms with Crippen LogP contribution >= 0.6 is 0 Å². The summed E-state index contributed by atoms with van der Waals surface area (Å²) < 4.78 is 31.4. The van der Waals surface area contributed by atoms with Crippen LogP contribution in [0.15, 0.2) is 42.5 Å². The van der Waals surface area contributed by atoms with Gasteiger partial charge in [0.2, 0.25) is 0 Å². The Kier molecular flexibility index (Phi) is 5.22. The van der Waals surface area contributed by atoms with Crippen LogP contribution < -0.4 is 5.32 Å². The third-order valence-electron chi connectivity index (χ3n) is 2.98. The topological polar surface area (TPSA) is 38.3 Å². The molecule has 3 nitrogen and oxygen atoms in total. The SMILES string of the molecule is CC(C)OCc1ccc(C(=O)Nc2ccc(F)c(F)c2)cc1. The lowest BCUT2D eigenvalue weighted by Crippen LogP contribution is -2.12. The van der Waals surface area contributed by atoms with Gasteiger partial charge in [0.1, 0.15) is 0 Å². The fraction of sp³-hybridized carbons (Fsp3) is 0.235. The largest absolute Gasteiger partial charge is 0.374 e. The molecule has 2 aromatic rings. The first kappa shape index (κ1) is 16.1. The van der Waals surface area contributed by atoms with E-state index in [4.69, 9.17) is 4.74 Å². The summed E-state index contributed by atoms with van der Waals surface area (Å²) >= 11 is 0. The van der Waals surface area contributed by atoms with Gasteiger partial charge in [-0.1, -0.05) is 12.1 Å². The monoisotopic (exact) mass is 305 g/mol. The number of ether oxygens (including phenoxy) is 1. The highest BCUT2D eigenvalue weighted by Gasteiger charge is 2.08. The maximum absolute atomic E-state index is 13.1. The van der Waals surface area contributed by atoms with Crippen LogP contribution in [0.5, 0.6) is 0 Å². The summed E-state index contributed by atoms with van der Waals surface area (Å²) in [5, 5.41) is 2.52. The molecule has 0 aliphatic carbocycles. The van der Waals surface area contributed by atoms with Gasteiger partial charge in [0.05, 0.1) is 12.7 Å². The molecule has 0 heterocycles. The Morgan fingerprint density at radius 1 is 1.09 bits per heavy atom. The van der Waals surface area contributed by atoms with E-state index in [-0.39, 0.29) is 17.7 Å². The maximum atomic E-state index is 13.1. The molecule has 5 heteroatoms. The quantitative estimate of drug-likeness (QED) is 0.901. The van der Waals surface area contributed by atoms with Crippen molar-refractivity contribution in [3.63, 3.8) is 0 Å². The summed E-state index contributed by atoms with van der Waals surface area (Å²) in [6, 6.07) is 10.1. The van der Waals surface area contributed by atoms with Crippen molar-refractivity contribution in [3.8, 4) is 0 Å². The van der Waals surface area contributed by atoms with E-state index in [1.54, 1.807) is 24.3 Å². The molecule has 0 fully saturated rings. The summed E-state index contributed by atoms with van der Waals surface area (Å²) in [7, 11) is 0. The molecule has 0 saturated heterocycles. The van der Waals surface area contributed by atoms with E-state index in [1.807, 2.05) is 13.8 Å². The first-order chi connectivity index (χ1) is 10.5. The molecule has 1 amide bonds. The van der Waals surface area contributed by atoms with Crippen molar-refractivity contribution in [1.29, 1.82) is 0 Å². The van der Waals surface area contributed by atoms with Gasteiger partial charge in [0.15, 0.2) is 11.6 Å². The van der Waals surface area contributed by atoms with Crippen LogP contribution in [0.4, 0.5) is 14.5 Å². The molecular weight excluding hydrogens is 288 g/mol. The van der Waals surface area contributed by atoms with Crippen LogP contribution in [0.25, 0.3) is 0 Å². The molecule has 1 N–H and O–H groups in total. The Labute approximate surface area is 127 Å². The molecule has 116 valence electrons. The second-order valence-electron chi connectivity index (χ2n) is 5.14. The van der Waals surface area contributed by atoms with Gasteiger partial charge in [0.25, 0.3) is 5.91 Å². The van der Waals surface area contributed by atoms with Gasteiger partial charge in [0, 0.05) is 17.3 Å². The number of hydrogen-bond acceptors (Lipinski definition) is 2. The molecule has 0 saturated carbocycles. The van der Waals surface area contributed by atoms with Crippen molar-refractivity contribution >= 4 is 11.6 Å². The third-order valence-corrected chi connectivity index (χ3v) is 2.98. The average molecular weight is 305 g/mol. The van der Waals surface area contributed by atoms with Crippen LogP contribution in [0.3, 0.4) is 0 Å². The summed E-state index contributed by atoms with van der Waals surface area (Å²) in [4.78, 5) is 12.0. The number of amides is 1. The first-order valence-corrected chi connectivity index (χ1v) is 6.92. The van der Waals surface area contributed by atoms with Crippen LogP contribution in [0, 0.1) is 11.6 Å². The van der Waals surface area contributed by atoms with Crippen molar-refractivity contribution in [2.24, 2.45) is 0 Å². The van der Waals surface area contributed by atoms with E-state index in [2.05, 4.69) is 5.32 Å². The van der Waals surface area contributed by atoms with Crippen LogP contribution in [0.1, 0.15) is 29.8 Å². The minimum absolute atomic E-state index is 0.136. The van der Waals surface area contributed by atoms with Gasteiger partial charge in [-0.05, 0) is 43.7 Å². The number of anilines is 1. The Hall–Kier alpha value is -2.27. The minimum Gasteiger partial charge on any atom is -0.374 e. The van der Waals surface area contributed by atoms with Gasteiger partial charge < -0.3 is 10.1 Å². The molecule has 0 bridgehead atoms. The van der Waals surface area contributed by atoms with Gasteiger partial charge in [-0.25, -0.2) is 8.78 Å². The Morgan fingerprint density at radius 3 is 2.36 bits per heavy atom. The number of halogens is 2. The van der Waals surface area contributed by atoms with Crippen LogP contribution in [0.2, 0.25) is 0 Å². The minimum atomic E-state index is -1.00. The standard InChI is InChI=1S/C17H17F2NO2/c1-11(2)22-10-12-3-5-13(6-4-12)17(21)20-14-7-8-15(18)16(19)9-14/h3-9,11H,10H2,1-2H3,(H,20,21). The fourth-order valence-corrected chi connectivity index (χ4v) is 1.79. The van der Waals surface area contributed by atoms with E-state index < -0.39 is 11.6 Å². The summed E-state index contributed by atoms with van der Waals surface area (Å²) in [6.45, 7) is 4.37. The highest BCUT2D eigenvalue weighted by atomic mass is 19.2. The molecule has 2 rings (SSSR count). The molecule has 0 radical (unpaired) electrons. The van der Waals surface area contributed by atoms with Crippen molar-refractivity contribution in [2.75, 3.05) is 5.32 Å². The predicted molar refractivity (Wildman–Crippen MR) is 80.7 cm³/mol. The zero-order valence-corrected chi connectivity index (χ0v) is 12.4. The Bertz CT molecular complexity index is 654. The fourth-order valence-electron chi connectivity index (χ4n) is 1.79. The number of hydrogen-bond donors (Lipinski definition) is 1. The van der Waals surface area contributed by atoms with Crippen molar-refractivity contribution < 1.29 is 18.3 Å². The van der Waals surface area contributed by atoms with Crippen molar-refractivity contribution in [1.82, 2.24) is 0 Å². The molecule has 0 aromatic heterocycles. The van der Waals surface area contributed by atoms with Crippen molar-refractivity contribution in [3.05, 3.63) is 65.2 Å². The number of benzene rings is 2. The molecule has 0 aliphatic heterocycles.